The molecule has 1 rings (SSSR count). The number of aliphatic imine (C=N–C) groups is 1. The standard InChI is InChI=1S/C15H24FN3O2.HI/c1-4-20-9-8-18-15(17-3)19-11-12-6-7-14(21-5-2)13(16)10-12;/h6-7,10H,4-5,8-9,11H2,1-3H3,(H2,17,18,19);1H. The van der Waals surface area contributed by atoms with E-state index in [4.69, 9.17) is 9.47 Å². The summed E-state index contributed by atoms with van der Waals surface area (Å²) in [5.74, 6) is 0.583. The Labute approximate surface area is 148 Å². The molecule has 0 heterocycles. The molecule has 0 aromatic heterocycles. The number of guanidine groups is 1. The Kier molecular flexibility index (Phi) is 11.8. The third-order valence-corrected chi connectivity index (χ3v) is 2.72. The van der Waals surface area contributed by atoms with Crippen molar-refractivity contribution in [1.29, 1.82) is 0 Å². The minimum Gasteiger partial charge on any atom is -0.491 e. The van der Waals surface area contributed by atoms with Crippen LogP contribution < -0.4 is 15.4 Å². The van der Waals surface area contributed by atoms with Crippen molar-refractivity contribution in [2.75, 3.05) is 33.4 Å². The van der Waals surface area contributed by atoms with E-state index in [9.17, 15) is 4.39 Å². The normalized spacial score (nSPS) is 10.8. The lowest BCUT2D eigenvalue weighted by atomic mass is 10.2. The van der Waals surface area contributed by atoms with Crippen LogP contribution in [0.3, 0.4) is 0 Å². The molecule has 0 aliphatic rings. The maximum absolute atomic E-state index is 13.7. The molecule has 0 bridgehead atoms. The summed E-state index contributed by atoms with van der Waals surface area (Å²) in [4.78, 5) is 4.09. The molecule has 1 aromatic carbocycles. The molecule has 0 spiro atoms. The Morgan fingerprint density at radius 2 is 2.00 bits per heavy atom. The Balaban J connectivity index is 0.00000441. The van der Waals surface area contributed by atoms with E-state index >= 15 is 0 Å². The minimum atomic E-state index is -0.351. The topological polar surface area (TPSA) is 54.9 Å². The molecule has 0 atom stereocenters. The van der Waals surface area contributed by atoms with Crippen LogP contribution in [-0.2, 0) is 11.3 Å². The molecule has 0 unspecified atom stereocenters. The second kappa shape index (κ2) is 12.5. The average molecular weight is 425 g/mol. The van der Waals surface area contributed by atoms with Gasteiger partial charge >= 0.3 is 0 Å². The van der Waals surface area contributed by atoms with Gasteiger partial charge in [0, 0.05) is 26.7 Å². The molecule has 0 radical (unpaired) electrons. The maximum atomic E-state index is 13.7. The molecule has 0 fully saturated rings. The van der Waals surface area contributed by atoms with Gasteiger partial charge in [-0.2, -0.15) is 0 Å². The Bertz CT molecular complexity index is 458. The van der Waals surface area contributed by atoms with Gasteiger partial charge in [-0.05, 0) is 31.5 Å². The van der Waals surface area contributed by atoms with E-state index in [2.05, 4.69) is 15.6 Å². The van der Waals surface area contributed by atoms with Crippen molar-refractivity contribution in [1.82, 2.24) is 10.6 Å². The van der Waals surface area contributed by atoms with Gasteiger partial charge in [-0.3, -0.25) is 4.99 Å². The minimum absolute atomic E-state index is 0. The number of ether oxygens (including phenoxy) is 2. The molecule has 1 aromatic rings. The molecule has 22 heavy (non-hydrogen) atoms. The largest absolute Gasteiger partial charge is 0.491 e. The van der Waals surface area contributed by atoms with Crippen LogP contribution in [-0.4, -0.2) is 39.4 Å². The second-order valence-corrected chi connectivity index (χ2v) is 4.25. The van der Waals surface area contributed by atoms with Crippen LogP contribution in [0.25, 0.3) is 0 Å². The van der Waals surface area contributed by atoms with Crippen molar-refractivity contribution in [2.24, 2.45) is 4.99 Å². The number of benzene rings is 1. The average Bonchev–Trinajstić information content (AvgIpc) is 2.49. The lowest BCUT2D eigenvalue weighted by Gasteiger charge is -2.12. The molecule has 0 aliphatic heterocycles. The summed E-state index contributed by atoms with van der Waals surface area (Å²) in [6.07, 6.45) is 0. The van der Waals surface area contributed by atoms with Crippen LogP contribution >= 0.6 is 24.0 Å². The maximum Gasteiger partial charge on any atom is 0.191 e. The first-order chi connectivity index (χ1) is 10.2. The molecule has 0 amide bonds. The zero-order chi connectivity index (χ0) is 15.5. The van der Waals surface area contributed by atoms with Gasteiger partial charge < -0.3 is 20.1 Å². The van der Waals surface area contributed by atoms with Crippen molar-refractivity contribution in [3.63, 3.8) is 0 Å². The number of halogens is 2. The SMILES string of the molecule is CCOCCNC(=NC)NCc1ccc(OCC)c(F)c1.I. The monoisotopic (exact) mass is 425 g/mol. The first kappa shape index (κ1) is 20.9. The molecular weight excluding hydrogens is 400 g/mol. The van der Waals surface area contributed by atoms with E-state index in [-0.39, 0.29) is 35.5 Å². The Hall–Kier alpha value is -1.09. The van der Waals surface area contributed by atoms with Crippen molar-refractivity contribution in [3.05, 3.63) is 29.6 Å². The number of nitrogens with one attached hydrogen (secondary N) is 2. The number of hydrogen-bond acceptors (Lipinski definition) is 3. The fraction of sp³-hybridized carbons (Fsp3) is 0.533. The predicted molar refractivity (Wildman–Crippen MR) is 97.7 cm³/mol. The number of rotatable bonds is 8. The summed E-state index contributed by atoms with van der Waals surface area (Å²) in [6, 6.07) is 4.93. The first-order valence-corrected chi connectivity index (χ1v) is 7.14. The summed E-state index contributed by atoms with van der Waals surface area (Å²) in [6.45, 7) is 6.70. The van der Waals surface area contributed by atoms with Gasteiger partial charge in [0.1, 0.15) is 0 Å². The van der Waals surface area contributed by atoms with Crippen LogP contribution in [0.1, 0.15) is 19.4 Å². The molecule has 0 saturated heterocycles. The zero-order valence-electron chi connectivity index (χ0n) is 13.3. The Morgan fingerprint density at radius 3 is 2.59 bits per heavy atom. The van der Waals surface area contributed by atoms with E-state index < -0.39 is 0 Å². The van der Waals surface area contributed by atoms with Crippen molar-refractivity contribution in [3.8, 4) is 5.75 Å². The van der Waals surface area contributed by atoms with Gasteiger partial charge in [-0.1, -0.05) is 6.07 Å². The van der Waals surface area contributed by atoms with Gasteiger partial charge in [-0.25, -0.2) is 4.39 Å². The number of hydrogen-bond donors (Lipinski definition) is 2. The van der Waals surface area contributed by atoms with E-state index in [1.807, 2.05) is 19.9 Å². The van der Waals surface area contributed by atoms with Gasteiger partial charge in [0.25, 0.3) is 0 Å². The fourth-order valence-electron chi connectivity index (χ4n) is 1.72. The van der Waals surface area contributed by atoms with Crippen molar-refractivity contribution in [2.45, 2.75) is 20.4 Å². The van der Waals surface area contributed by atoms with Crippen LogP contribution in [0.15, 0.2) is 23.2 Å². The van der Waals surface area contributed by atoms with Gasteiger partial charge in [0.2, 0.25) is 0 Å². The predicted octanol–water partition coefficient (Wildman–Crippen LogP) is 2.54. The first-order valence-electron chi connectivity index (χ1n) is 7.14. The highest BCUT2D eigenvalue weighted by molar-refractivity contribution is 14.0. The molecule has 0 aliphatic carbocycles. The second-order valence-electron chi connectivity index (χ2n) is 4.25. The summed E-state index contributed by atoms with van der Waals surface area (Å²) >= 11 is 0. The van der Waals surface area contributed by atoms with Crippen LogP contribution in [0.4, 0.5) is 4.39 Å². The molecule has 7 heteroatoms. The lowest BCUT2D eigenvalue weighted by molar-refractivity contribution is 0.152. The smallest absolute Gasteiger partial charge is 0.191 e. The Morgan fingerprint density at radius 1 is 1.23 bits per heavy atom. The van der Waals surface area contributed by atoms with Crippen molar-refractivity contribution < 1.29 is 13.9 Å². The van der Waals surface area contributed by atoms with Crippen molar-refractivity contribution >= 4 is 29.9 Å². The highest BCUT2D eigenvalue weighted by Gasteiger charge is 2.05. The van der Waals surface area contributed by atoms with Crippen LogP contribution in [0.5, 0.6) is 5.75 Å². The zero-order valence-corrected chi connectivity index (χ0v) is 15.6. The third kappa shape index (κ3) is 7.79. The van der Waals surface area contributed by atoms with Gasteiger partial charge in [0.05, 0.1) is 13.2 Å². The number of nitrogens with zero attached hydrogens (tertiary/aromatic N) is 1. The van der Waals surface area contributed by atoms with Gasteiger partial charge in [-0.15, -0.1) is 24.0 Å². The van der Waals surface area contributed by atoms with Crippen LogP contribution in [0.2, 0.25) is 0 Å². The summed E-state index contributed by atoms with van der Waals surface area (Å²) < 4.78 is 24.1. The van der Waals surface area contributed by atoms with E-state index in [1.54, 1.807) is 13.1 Å². The summed E-state index contributed by atoms with van der Waals surface area (Å²) in [5.41, 5.74) is 0.823. The molecular formula is C15H25FIN3O2. The third-order valence-electron chi connectivity index (χ3n) is 2.72. The molecule has 0 saturated carbocycles. The van der Waals surface area contributed by atoms with Crippen LogP contribution in [0, 0.1) is 5.82 Å². The lowest BCUT2D eigenvalue weighted by Crippen LogP contribution is -2.38. The molecule has 5 nitrogen and oxygen atoms in total. The molecule has 126 valence electrons. The van der Waals surface area contributed by atoms with E-state index in [0.29, 0.717) is 38.9 Å². The fourth-order valence-corrected chi connectivity index (χ4v) is 1.72. The highest BCUT2D eigenvalue weighted by atomic mass is 127. The molecule has 2 N–H and O–H groups in total. The van der Waals surface area contributed by atoms with E-state index in [0.717, 1.165) is 5.56 Å². The quantitative estimate of drug-likeness (QED) is 0.291. The van der Waals surface area contributed by atoms with Gasteiger partial charge in [0.15, 0.2) is 17.5 Å². The summed E-state index contributed by atoms with van der Waals surface area (Å²) in [7, 11) is 1.69. The summed E-state index contributed by atoms with van der Waals surface area (Å²) in [5, 5.41) is 6.23. The van der Waals surface area contributed by atoms with E-state index in [1.165, 1.54) is 6.07 Å². The highest BCUT2D eigenvalue weighted by Crippen LogP contribution is 2.18.